The summed E-state index contributed by atoms with van der Waals surface area (Å²) in [6.45, 7) is 4.06. The molecule has 0 amide bonds. The van der Waals surface area contributed by atoms with E-state index < -0.39 is 5.03 Å². The van der Waals surface area contributed by atoms with Crippen LogP contribution < -0.4 is 5.43 Å². The van der Waals surface area contributed by atoms with Gasteiger partial charge in [-0.2, -0.15) is 0 Å². The lowest BCUT2D eigenvalue weighted by atomic mass is 9.89. The van der Waals surface area contributed by atoms with Gasteiger partial charge in [0.1, 0.15) is 5.69 Å². The summed E-state index contributed by atoms with van der Waals surface area (Å²) in [5.41, 5.74) is 8.94. The monoisotopic (exact) mass is 318 g/mol. The second kappa shape index (κ2) is 6.54. The molecule has 0 aliphatic rings. The van der Waals surface area contributed by atoms with Crippen LogP contribution in [-0.2, 0) is 0 Å². The van der Waals surface area contributed by atoms with E-state index in [1.54, 1.807) is 6.07 Å². The topological polar surface area (TPSA) is 55.2 Å². The fourth-order valence-electron chi connectivity index (χ4n) is 2.99. The molecule has 0 aliphatic heterocycles. The van der Waals surface area contributed by atoms with Gasteiger partial charge >= 0.3 is 0 Å². The van der Waals surface area contributed by atoms with Crippen LogP contribution in [0.5, 0.6) is 0 Å². The molecule has 0 fully saturated rings. The Hall–Kier alpha value is -3.14. The molecule has 3 aromatic carbocycles. The van der Waals surface area contributed by atoms with Crippen molar-refractivity contribution in [3.8, 4) is 22.3 Å². The maximum atomic E-state index is 11.0. The van der Waals surface area contributed by atoms with E-state index in [1.807, 2.05) is 74.5 Å². The first-order valence-corrected chi connectivity index (χ1v) is 7.74. The lowest BCUT2D eigenvalue weighted by molar-refractivity contribution is -0.445. The van der Waals surface area contributed by atoms with E-state index in [2.05, 4.69) is 5.43 Å². The van der Waals surface area contributed by atoms with Crippen LogP contribution in [0.3, 0.4) is 0 Å². The molecule has 0 aliphatic carbocycles. The van der Waals surface area contributed by atoms with Crippen molar-refractivity contribution in [2.45, 2.75) is 13.8 Å². The fraction of sp³-hybridized carbons (Fsp3) is 0.100. The molecule has 0 saturated heterocycles. The highest BCUT2D eigenvalue weighted by Gasteiger charge is 2.17. The minimum atomic E-state index is -0.515. The van der Waals surface area contributed by atoms with Gasteiger partial charge in [0.25, 0.3) is 0 Å². The van der Waals surface area contributed by atoms with E-state index in [-0.39, 0.29) is 0 Å². The number of nitrogens with zero attached hydrogens (tertiary/aromatic N) is 1. The molecule has 0 unspecified atom stereocenters. The second-order valence-corrected chi connectivity index (χ2v) is 5.73. The molecule has 0 radical (unpaired) electrons. The molecule has 3 rings (SSSR count). The minimum Gasteiger partial charge on any atom is -0.235 e. The number of nitrogens with one attached hydrogen (secondary N) is 1. The van der Waals surface area contributed by atoms with Gasteiger partial charge in [-0.1, -0.05) is 60.7 Å². The van der Waals surface area contributed by atoms with Gasteiger partial charge in [-0.15, -0.1) is 5.43 Å². The summed E-state index contributed by atoms with van der Waals surface area (Å²) in [6.07, 6.45) is 0. The molecule has 0 aromatic heterocycles. The maximum absolute atomic E-state index is 11.0. The minimum absolute atomic E-state index is 0.495. The highest BCUT2D eigenvalue weighted by molar-refractivity contribution is 5.93. The summed E-state index contributed by atoms with van der Waals surface area (Å²) in [4.78, 5) is 11.0. The van der Waals surface area contributed by atoms with E-state index in [0.29, 0.717) is 5.69 Å². The Balaban J connectivity index is 2.33. The average molecular weight is 318 g/mol. The Morgan fingerprint density at radius 3 is 1.88 bits per heavy atom. The van der Waals surface area contributed by atoms with Gasteiger partial charge in [-0.05, 0) is 47.7 Å². The standard InChI is InChI=1S/C20H18N2O2/c1-14-8-3-5-10-16(14)18-12-7-13-19(21-22(23)24)20(18)17-11-6-4-9-15(17)2/h3-13,21H,1-2H3. The molecule has 24 heavy (non-hydrogen) atoms. The van der Waals surface area contributed by atoms with E-state index >= 15 is 0 Å². The van der Waals surface area contributed by atoms with Crippen molar-refractivity contribution in [1.82, 2.24) is 0 Å². The Labute approximate surface area is 140 Å². The van der Waals surface area contributed by atoms with Crippen LogP contribution in [-0.4, -0.2) is 5.03 Å². The zero-order valence-corrected chi connectivity index (χ0v) is 13.6. The highest BCUT2D eigenvalue weighted by Crippen LogP contribution is 2.40. The van der Waals surface area contributed by atoms with Crippen LogP contribution in [0.1, 0.15) is 11.1 Å². The molecule has 1 N–H and O–H groups in total. The predicted octanol–water partition coefficient (Wildman–Crippen LogP) is 5.24. The Bertz CT molecular complexity index is 904. The van der Waals surface area contributed by atoms with Gasteiger partial charge in [-0.25, -0.2) is 10.1 Å². The molecule has 120 valence electrons. The molecule has 0 atom stereocenters. The van der Waals surface area contributed by atoms with Crippen molar-refractivity contribution in [3.63, 3.8) is 0 Å². The van der Waals surface area contributed by atoms with Crippen molar-refractivity contribution in [3.05, 3.63) is 88.0 Å². The quantitative estimate of drug-likeness (QED) is 0.528. The van der Waals surface area contributed by atoms with Gasteiger partial charge in [0.15, 0.2) is 5.03 Å². The van der Waals surface area contributed by atoms with E-state index in [9.17, 15) is 10.1 Å². The Kier molecular flexibility index (Phi) is 4.29. The molecule has 3 aromatic rings. The van der Waals surface area contributed by atoms with Crippen LogP contribution in [0.4, 0.5) is 5.69 Å². The third kappa shape index (κ3) is 2.99. The van der Waals surface area contributed by atoms with Gasteiger partial charge in [0, 0.05) is 5.56 Å². The number of hydrogen-bond acceptors (Lipinski definition) is 2. The highest BCUT2D eigenvalue weighted by atomic mass is 16.7. The molecule has 0 saturated carbocycles. The predicted molar refractivity (Wildman–Crippen MR) is 97.4 cm³/mol. The van der Waals surface area contributed by atoms with Gasteiger partial charge in [-0.3, -0.25) is 0 Å². The summed E-state index contributed by atoms with van der Waals surface area (Å²) < 4.78 is 0. The van der Waals surface area contributed by atoms with Gasteiger partial charge in [0.2, 0.25) is 0 Å². The van der Waals surface area contributed by atoms with Gasteiger partial charge < -0.3 is 0 Å². The van der Waals surface area contributed by atoms with Crippen molar-refractivity contribution in [2.75, 3.05) is 5.43 Å². The first-order chi connectivity index (χ1) is 11.6. The molecular weight excluding hydrogens is 300 g/mol. The van der Waals surface area contributed by atoms with Crippen LogP contribution in [0.15, 0.2) is 66.7 Å². The van der Waals surface area contributed by atoms with Crippen molar-refractivity contribution >= 4 is 5.69 Å². The van der Waals surface area contributed by atoms with Crippen molar-refractivity contribution in [1.29, 1.82) is 0 Å². The molecule has 0 bridgehead atoms. The molecular formula is C20H18N2O2. The second-order valence-electron chi connectivity index (χ2n) is 5.73. The van der Waals surface area contributed by atoms with Crippen LogP contribution >= 0.6 is 0 Å². The number of hydrazine groups is 1. The lowest BCUT2D eigenvalue weighted by Gasteiger charge is -2.17. The molecule has 4 heteroatoms. The van der Waals surface area contributed by atoms with E-state index in [0.717, 1.165) is 33.4 Å². The average Bonchev–Trinajstić information content (AvgIpc) is 2.55. The first kappa shape index (κ1) is 15.7. The zero-order chi connectivity index (χ0) is 17.1. The number of hydrogen-bond donors (Lipinski definition) is 1. The number of aryl methyl sites for hydroxylation is 2. The smallest absolute Gasteiger partial charge is 0.162 e. The molecule has 0 spiro atoms. The summed E-state index contributed by atoms with van der Waals surface area (Å²) in [5.74, 6) is 0. The third-order valence-electron chi connectivity index (χ3n) is 4.13. The summed E-state index contributed by atoms with van der Waals surface area (Å²) >= 11 is 0. The zero-order valence-electron chi connectivity index (χ0n) is 13.6. The Morgan fingerprint density at radius 1 is 0.750 bits per heavy atom. The third-order valence-corrected chi connectivity index (χ3v) is 4.13. The number of benzene rings is 3. The number of nitro groups is 1. The fourth-order valence-corrected chi connectivity index (χ4v) is 2.99. The maximum Gasteiger partial charge on any atom is 0.162 e. The Morgan fingerprint density at radius 2 is 1.29 bits per heavy atom. The number of anilines is 1. The van der Waals surface area contributed by atoms with Crippen molar-refractivity contribution < 1.29 is 5.03 Å². The SMILES string of the molecule is Cc1ccccc1-c1cccc(N[N+](=O)[O-])c1-c1ccccc1C. The largest absolute Gasteiger partial charge is 0.235 e. The van der Waals surface area contributed by atoms with Crippen LogP contribution in [0, 0.1) is 24.0 Å². The van der Waals surface area contributed by atoms with Crippen molar-refractivity contribution in [2.24, 2.45) is 0 Å². The van der Waals surface area contributed by atoms with Crippen LogP contribution in [0.2, 0.25) is 0 Å². The normalized spacial score (nSPS) is 10.4. The summed E-state index contributed by atoms with van der Waals surface area (Å²) in [6, 6.07) is 21.6. The molecule has 0 heterocycles. The van der Waals surface area contributed by atoms with Gasteiger partial charge in [0.05, 0.1) is 0 Å². The summed E-state index contributed by atoms with van der Waals surface area (Å²) in [7, 11) is 0. The van der Waals surface area contributed by atoms with E-state index in [1.165, 1.54) is 0 Å². The van der Waals surface area contributed by atoms with Crippen LogP contribution in [0.25, 0.3) is 22.3 Å². The first-order valence-electron chi connectivity index (χ1n) is 7.74. The molecule has 4 nitrogen and oxygen atoms in total. The number of rotatable bonds is 4. The summed E-state index contributed by atoms with van der Waals surface area (Å²) in [5, 5.41) is 10.5. The lowest BCUT2D eigenvalue weighted by Crippen LogP contribution is -2.09. The van der Waals surface area contributed by atoms with E-state index in [4.69, 9.17) is 0 Å².